The lowest BCUT2D eigenvalue weighted by Crippen LogP contribution is -2.38. The lowest BCUT2D eigenvalue weighted by molar-refractivity contribution is -0.142. The molecule has 0 fully saturated rings. The molecule has 0 aliphatic rings. The molecule has 0 saturated heterocycles. The van der Waals surface area contributed by atoms with Crippen LogP contribution < -0.4 is 5.32 Å². The molecule has 0 bridgehead atoms. The number of carbonyl (C=O) groups excluding carboxylic acids is 1. The highest BCUT2D eigenvalue weighted by atomic mass is 32.1. The number of nitrogens with one attached hydrogen (secondary N) is 1. The minimum atomic E-state index is -1.30. The lowest BCUT2D eigenvalue weighted by Gasteiger charge is -2.36. The first kappa shape index (κ1) is 21.4. The van der Waals surface area contributed by atoms with Gasteiger partial charge in [-0.05, 0) is 21.9 Å². The number of hydrogen-bond donors (Lipinski definition) is 1. The standard InChI is InChI=1S/C25H21N3O3S/c1-31-23(29)22(28-30)21-17-32-24(26-21)27-25(18-11-5-2-6-12-18,19-13-7-3-8-14-19)20-15-9-4-10-16-20/h2-17,22H,1H3,(H,26,27). The number of benzene rings is 3. The van der Waals surface area contributed by atoms with Crippen LogP contribution in [0.25, 0.3) is 0 Å². The van der Waals surface area contributed by atoms with Crippen molar-refractivity contribution in [1.29, 1.82) is 0 Å². The summed E-state index contributed by atoms with van der Waals surface area (Å²) in [6.45, 7) is 0. The third-order valence-electron chi connectivity index (χ3n) is 5.25. The summed E-state index contributed by atoms with van der Waals surface area (Å²) in [4.78, 5) is 27.7. The van der Waals surface area contributed by atoms with Crippen LogP contribution in [0.1, 0.15) is 28.4 Å². The molecule has 0 aliphatic carbocycles. The molecule has 3 aromatic carbocycles. The number of carbonyl (C=O) groups is 1. The van der Waals surface area contributed by atoms with Crippen LogP contribution in [-0.4, -0.2) is 18.1 Å². The molecule has 0 aliphatic heterocycles. The van der Waals surface area contributed by atoms with Gasteiger partial charge in [0.25, 0.3) is 0 Å². The fourth-order valence-corrected chi connectivity index (χ4v) is 4.52. The Morgan fingerprint density at radius 1 is 0.906 bits per heavy atom. The molecule has 1 atom stereocenters. The maximum Gasteiger partial charge on any atom is 0.340 e. The number of thiazole rings is 1. The fraction of sp³-hybridized carbons (Fsp3) is 0.120. The van der Waals surface area contributed by atoms with E-state index in [4.69, 9.17) is 0 Å². The van der Waals surface area contributed by atoms with Gasteiger partial charge in [0.05, 0.1) is 12.8 Å². The van der Waals surface area contributed by atoms with Crippen LogP contribution in [-0.2, 0) is 15.1 Å². The Morgan fingerprint density at radius 3 is 1.78 bits per heavy atom. The molecular formula is C25H21N3O3S. The van der Waals surface area contributed by atoms with Crippen molar-refractivity contribution < 1.29 is 9.53 Å². The lowest BCUT2D eigenvalue weighted by atomic mass is 9.77. The zero-order chi connectivity index (χ0) is 22.4. The topological polar surface area (TPSA) is 80.6 Å². The minimum Gasteiger partial charge on any atom is -0.467 e. The van der Waals surface area contributed by atoms with Crippen molar-refractivity contribution in [2.45, 2.75) is 11.6 Å². The van der Waals surface area contributed by atoms with Gasteiger partial charge < -0.3 is 10.1 Å². The molecule has 160 valence electrons. The van der Waals surface area contributed by atoms with E-state index in [9.17, 15) is 9.70 Å². The Balaban J connectivity index is 1.88. The molecule has 1 unspecified atom stereocenters. The smallest absolute Gasteiger partial charge is 0.340 e. The summed E-state index contributed by atoms with van der Waals surface area (Å²) < 4.78 is 4.69. The van der Waals surface area contributed by atoms with E-state index in [1.807, 2.05) is 54.6 Å². The fourth-order valence-electron chi connectivity index (χ4n) is 3.74. The number of methoxy groups -OCH3 is 1. The summed E-state index contributed by atoms with van der Waals surface area (Å²) >= 11 is 1.30. The quantitative estimate of drug-likeness (QED) is 0.220. The molecule has 0 spiro atoms. The van der Waals surface area contributed by atoms with E-state index in [0.717, 1.165) is 16.7 Å². The number of anilines is 1. The van der Waals surface area contributed by atoms with Gasteiger partial charge in [0.15, 0.2) is 5.13 Å². The van der Waals surface area contributed by atoms with Crippen LogP contribution in [0, 0.1) is 4.91 Å². The van der Waals surface area contributed by atoms with Gasteiger partial charge in [-0.2, -0.15) is 0 Å². The van der Waals surface area contributed by atoms with Crippen LogP contribution in [0.4, 0.5) is 5.13 Å². The predicted octanol–water partition coefficient (Wildman–Crippen LogP) is 5.53. The van der Waals surface area contributed by atoms with E-state index >= 15 is 0 Å². The van der Waals surface area contributed by atoms with E-state index in [1.54, 1.807) is 5.38 Å². The second-order valence-electron chi connectivity index (χ2n) is 7.08. The van der Waals surface area contributed by atoms with E-state index in [-0.39, 0.29) is 5.69 Å². The molecule has 4 rings (SSSR count). The molecule has 1 heterocycles. The molecule has 6 nitrogen and oxygen atoms in total. The molecule has 1 N–H and O–H groups in total. The average molecular weight is 444 g/mol. The van der Waals surface area contributed by atoms with Crippen molar-refractivity contribution in [3.63, 3.8) is 0 Å². The van der Waals surface area contributed by atoms with Crippen LogP contribution in [0.3, 0.4) is 0 Å². The number of aromatic nitrogens is 1. The van der Waals surface area contributed by atoms with Crippen molar-refractivity contribution in [2.24, 2.45) is 5.18 Å². The maximum atomic E-state index is 11.9. The summed E-state index contributed by atoms with van der Waals surface area (Å²) in [5, 5.41) is 8.71. The highest BCUT2D eigenvalue weighted by Crippen LogP contribution is 2.41. The summed E-state index contributed by atoms with van der Waals surface area (Å²) in [5.41, 5.74) is 2.56. The largest absolute Gasteiger partial charge is 0.467 e. The van der Waals surface area contributed by atoms with Crippen LogP contribution >= 0.6 is 11.3 Å². The van der Waals surface area contributed by atoms with Gasteiger partial charge in [-0.1, -0.05) is 91.0 Å². The maximum absolute atomic E-state index is 11.9. The number of ether oxygens (including phenoxy) is 1. The molecule has 0 amide bonds. The van der Waals surface area contributed by atoms with Gasteiger partial charge >= 0.3 is 5.97 Å². The normalized spacial score (nSPS) is 12.0. The van der Waals surface area contributed by atoms with E-state index in [1.165, 1.54) is 18.4 Å². The van der Waals surface area contributed by atoms with Crippen molar-refractivity contribution in [3.8, 4) is 0 Å². The van der Waals surface area contributed by atoms with E-state index in [0.29, 0.717) is 5.13 Å². The van der Waals surface area contributed by atoms with Crippen LogP contribution in [0.5, 0.6) is 0 Å². The molecule has 1 aromatic heterocycles. The SMILES string of the molecule is COC(=O)C(N=O)c1csc(NC(c2ccccc2)(c2ccccc2)c2ccccc2)n1. The molecule has 0 saturated carbocycles. The number of hydrogen-bond acceptors (Lipinski definition) is 7. The highest BCUT2D eigenvalue weighted by Gasteiger charge is 2.37. The Morgan fingerprint density at radius 2 is 1.38 bits per heavy atom. The Labute approximate surface area is 189 Å². The van der Waals surface area contributed by atoms with E-state index < -0.39 is 17.6 Å². The van der Waals surface area contributed by atoms with Crippen LogP contribution in [0.2, 0.25) is 0 Å². The first-order chi connectivity index (χ1) is 15.7. The zero-order valence-corrected chi connectivity index (χ0v) is 18.2. The number of nitrogens with zero attached hydrogens (tertiary/aromatic N) is 2. The minimum absolute atomic E-state index is 0.252. The highest BCUT2D eigenvalue weighted by molar-refractivity contribution is 7.13. The van der Waals surface area contributed by atoms with Gasteiger partial charge in [-0.25, -0.2) is 9.78 Å². The van der Waals surface area contributed by atoms with Gasteiger partial charge in [-0.3, -0.25) is 0 Å². The van der Waals surface area contributed by atoms with Crippen LogP contribution in [0.15, 0.2) is 102 Å². The van der Waals surface area contributed by atoms with E-state index in [2.05, 4.69) is 56.6 Å². The monoisotopic (exact) mass is 443 g/mol. The Kier molecular flexibility index (Phi) is 6.37. The predicted molar refractivity (Wildman–Crippen MR) is 125 cm³/mol. The first-order valence-corrected chi connectivity index (χ1v) is 10.9. The first-order valence-electron chi connectivity index (χ1n) is 9.99. The second-order valence-corrected chi connectivity index (χ2v) is 7.94. The van der Waals surface area contributed by atoms with Crippen molar-refractivity contribution in [3.05, 3.63) is 124 Å². The van der Waals surface area contributed by atoms with Crippen molar-refractivity contribution in [2.75, 3.05) is 12.4 Å². The summed E-state index contributed by atoms with van der Waals surface area (Å²) in [6, 6.07) is 29.0. The average Bonchev–Trinajstić information content (AvgIpc) is 3.32. The Hall–Kier alpha value is -3.84. The van der Waals surface area contributed by atoms with Gasteiger partial charge in [0.2, 0.25) is 6.04 Å². The van der Waals surface area contributed by atoms with Gasteiger partial charge in [0, 0.05) is 5.38 Å². The molecule has 4 aromatic rings. The van der Waals surface area contributed by atoms with Crippen molar-refractivity contribution >= 4 is 22.4 Å². The number of rotatable bonds is 8. The summed E-state index contributed by atoms with van der Waals surface area (Å²) in [5.74, 6) is -0.739. The number of nitroso groups, excluding NO2 is 1. The zero-order valence-electron chi connectivity index (χ0n) is 17.3. The van der Waals surface area contributed by atoms with Crippen molar-refractivity contribution in [1.82, 2.24) is 4.98 Å². The van der Waals surface area contributed by atoms with Gasteiger partial charge in [-0.15, -0.1) is 16.2 Å². The van der Waals surface area contributed by atoms with Gasteiger partial charge in [0.1, 0.15) is 5.54 Å². The summed E-state index contributed by atoms with van der Waals surface area (Å²) in [6.07, 6.45) is 0. The molecule has 7 heteroatoms. The third-order valence-corrected chi connectivity index (χ3v) is 6.02. The summed E-state index contributed by atoms with van der Waals surface area (Å²) in [7, 11) is 1.22. The molecular weight excluding hydrogens is 422 g/mol. The second kappa shape index (κ2) is 9.53. The number of esters is 1. The Bertz CT molecular complexity index is 1080. The molecule has 0 radical (unpaired) electrons. The molecule has 32 heavy (non-hydrogen) atoms. The third kappa shape index (κ3) is 4.02.